The van der Waals surface area contributed by atoms with E-state index in [1.807, 2.05) is 0 Å². The average Bonchev–Trinajstić information content (AvgIpc) is 2.35. The van der Waals surface area contributed by atoms with E-state index in [4.69, 9.17) is 5.73 Å². The highest BCUT2D eigenvalue weighted by atomic mass is 15.2. The Balaban J connectivity index is 2.53. The van der Waals surface area contributed by atoms with Gasteiger partial charge in [-0.25, -0.2) is 0 Å². The van der Waals surface area contributed by atoms with Crippen molar-refractivity contribution >= 4 is 0 Å². The summed E-state index contributed by atoms with van der Waals surface area (Å²) in [7, 11) is 0. The molecule has 0 unspecified atom stereocenters. The van der Waals surface area contributed by atoms with Gasteiger partial charge in [-0.3, -0.25) is 0 Å². The first-order chi connectivity index (χ1) is 8.69. The second-order valence-electron chi connectivity index (χ2n) is 8.30. The lowest BCUT2D eigenvalue weighted by Crippen LogP contribution is -2.46. The summed E-state index contributed by atoms with van der Waals surface area (Å²) in [5, 5.41) is 0. The minimum atomic E-state index is 0.247. The Labute approximate surface area is 121 Å². The summed E-state index contributed by atoms with van der Waals surface area (Å²) >= 11 is 0. The van der Waals surface area contributed by atoms with Crippen LogP contribution in [-0.2, 0) is 0 Å². The molecule has 0 aromatic rings. The smallest absolute Gasteiger partial charge is 0.00955 e. The Morgan fingerprint density at radius 1 is 1.00 bits per heavy atom. The minimum Gasteiger partial charge on any atom is -0.330 e. The fourth-order valence-corrected chi connectivity index (χ4v) is 3.42. The van der Waals surface area contributed by atoms with Crippen molar-refractivity contribution in [2.24, 2.45) is 22.5 Å². The van der Waals surface area contributed by atoms with Crippen LogP contribution < -0.4 is 5.73 Å². The third-order valence-corrected chi connectivity index (χ3v) is 5.03. The number of nitrogens with two attached hydrogens (primary N) is 1. The average molecular weight is 268 g/mol. The Morgan fingerprint density at radius 2 is 1.53 bits per heavy atom. The fourth-order valence-electron chi connectivity index (χ4n) is 3.42. The molecule has 0 aromatic carbocycles. The highest BCUT2D eigenvalue weighted by Gasteiger charge is 2.32. The molecule has 2 N–H and O–H groups in total. The minimum absolute atomic E-state index is 0.247. The highest BCUT2D eigenvalue weighted by Crippen LogP contribution is 2.39. The second kappa shape index (κ2) is 6.58. The topological polar surface area (TPSA) is 29.3 Å². The van der Waals surface area contributed by atoms with Crippen molar-refractivity contribution in [1.29, 1.82) is 0 Å². The number of rotatable bonds is 5. The summed E-state index contributed by atoms with van der Waals surface area (Å²) in [6.07, 6.45) is 5.54. The quantitative estimate of drug-likeness (QED) is 0.819. The first-order valence-corrected chi connectivity index (χ1v) is 8.13. The fraction of sp³-hybridized carbons (Fsp3) is 1.00. The summed E-state index contributed by atoms with van der Waals surface area (Å²) in [6.45, 7) is 17.1. The first kappa shape index (κ1) is 17.0. The van der Waals surface area contributed by atoms with Crippen LogP contribution >= 0.6 is 0 Å². The van der Waals surface area contributed by atoms with Gasteiger partial charge in [0.15, 0.2) is 0 Å². The van der Waals surface area contributed by atoms with Crippen LogP contribution in [0.5, 0.6) is 0 Å². The van der Waals surface area contributed by atoms with Crippen molar-refractivity contribution in [2.45, 2.75) is 73.3 Å². The lowest BCUT2D eigenvalue weighted by Gasteiger charge is -2.43. The molecule has 1 aliphatic carbocycles. The van der Waals surface area contributed by atoms with Gasteiger partial charge in [0.1, 0.15) is 0 Å². The molecule has 0 bridgehead atoms. The van der Waals surface area contributed by atoms with Crippen molar-refractivity contribution in [3.05, 3.63) is 0 Å². The van der Waals surface area contributed by atoms with Crippen molar-refractivity contribution in [1.82, 2.24) is 4.90 Å². The van der Waals surface area contributed by atoms with Gasteiger partial charge < -0.3 is 10.6 Å². The van der Waals surface area contributed by atoms with Gasteiger partial charge in [0.25, 0.3) is 0 Å². The van der Waals surface area contributed by atoms with Gasteiger partial charge in [0.05, 0.1) is 0 Å². The zero-order chi connectivity index (χ0) is 14.7. The van der Waals surface area contributed by atoms with Crippen LogP contribution in [0.2, 0.25) is 0 Å². The van der Waals surface area contributed by atoms with Gasteiger partial charge in [0.2, 0.25) is 0 Å². The molecular weight excluding hydrogens is 232 g/mol. The third-order valence-electron chi connectivity index (χ3n) is 5.03. The van der Waals surface area contributed by atoms with E-state index in [1.165, 1.54) is 25.7 Å². The maximum Gasteiger partial charge on any atom is 0.00955 e. The molecule has 0 saturated heterocycles. The van der Waals surface area contributed by atoms with Crippen molar-refractivity contribution in [3.63, 3.8) is 0 Å². The van der Waals surface area contributed by atoms with Crippen LogP contribution in [0.15, 0.2) is 0 Å². The maximum absolute atomic E-state index is 5.89. The Morgan fingerprint density at radius 3 is 1.89 bits per heavy atom. The Kier molecular flexibility index (Phi) is 5.88. The molecule has 0 heterocycles. The van der Waals surface area contributed by atoms with Crippen LogP contribution in [0.3, 0.4) is 0 Å². The monoisotopic (exact) mass is 268 g/mol. The summed E-state index contributed by atoms with van der Waals surface area (Å²) in [5.74, 6) is 0.907. The molecule has 1 fully saturated rings. The van der Waals surface area contributed by atoms with Gasteiger partial charge >= 0.3 is 0 Å². The summed E-state index contributed by atoms with van der Waals surface area (Å²) in [5.41, 5.74) is 6.62. The zero-order valence-corrected chi connectivity index (χ0v) is 14.1. The van der Waals surface area contributed by atoms with Gasteiger partial charge in [-0.1, -0.05) is 41.5 Å². The SMILES string of the molecule is CCN(CC(C)(C)CN)C1CCC(C(C)(C)C)CC1. The molecule has 1 rings (SSSR count). The van der Waals surface area contributed by atoms with Crippen molar-refractivity contribution in [3.8, 4) is 0 Å². The molecule has 0 amide bonds. The van der Waals surface area contributed by atoms with E-state index in [2.05, 4.69) is 46.4 Å². The van der Waals surface area contributed by atoms with E-state index in [0.717, 1.165) is 31.6 Å². The van der Waals surface area contributed by atoms with E-state index < -0.39 is 0 Å². The van der Waals surface area contributed by atoms with Gasteiger partial charge in [-0.05, 0) is 55.5 Å². The highest BCUT2D eigenvalue weighted by molar-refractivity contribution is 4.86. The Bertz CT molecular complexity index is 257. The lowest BCUT2D eigenvalue weighted by molar-refractivity contribution is 0.0744. The molecule has 114 valence electrons. The van der Waals surface area contributed by atoms with E-state index >= 15 is 0 Å². The molecule has 0 aliphatic heterocycles. The summed E-state index contributed by atoms with van der Waals surface area (Å²) < 4.78 is 0. The van der Waals surface area contributed by atoms with Gasteiger partial charge in [-0.2, -0.15) is 0 Å². The summed E-state index contributed by atoms with van der Waals surface area (Å²) in [4.78, 5) is 2.67. The number of nitrogens with zero attached hydrogens (tertiary/aromatic N) is 1. The molecule has 0 aromatic heterocycles. The lowest BCUT2D eigenvalue weighted by atomic mass is 9.71. The maximum atomic E-state index is 5.89. The molecule has 1 saturated carbocycles. The molecular formula is C17H36N2. The van der Waals surface area contributed by atoms with Crippen molar-refractivity contribution in [2.75, 3.05) is 19.6 Å². The van der Waals surface area contributed by atoms with E-state index in [1.54, 1.807) is 0 Å². The molecule has 2 nitrogen and oxygen atoms in total. The van der Waals surface area contributed by atoms with Gasteiger partial charge in [-0.15, -0.1) is 0 Å². The summed E-state index contributed by atoms with van der Waals surface area (Å²) in [6, 6.07) is 0.787. The largest absolute Gasteiger partial charge is 0.330 e. The van der Waals surface area contributed by atoms with Crippen LogP contribution in [0.1, 0.15) is 67.2 Å². The van der Waals surface area contributed by atoms with E-state index in [-0.39, 0.29) is 5.41 Å². The number of hydrogen-bond donors (Lipinski definition) is 1. The molecule has 1 aliphatic rings. The van der Waals surface area contributed by atoms with E-state index in [9.17, 15) is 0 Å². The van der Waals surface area contributed by atoms with Crippen LogP contribution in [0.25, 0.3) is 0 Å². The third kappa shape index (κ3) is 5.07. The van der Waals surface area contributed by atoms with Crippen molar-refractivity contribution < 1.29 is 0 Å². The zero-order valence-electron chi connectivity index (χ0n) is 14.1. The molecule has 0 radical (unpaired) electrons. The second-order valence-corrected chi connectivity index (χ2v) is 8.30. The molecule has 2 heteroatoms. The predicted octanol–water partition coefficient (Wildman–Crippen LogP) is 3.90. The Hall–Kier alpha value is -0.0800. The van der Waals surface area contributed by atoms with Crippen LogP contribution in [0.4, 0.5) is 0 Å². The normalized spacial score (nSPS) is 25.9. The van der Waals surface area contributed by atoms with Gasteiger partial charge in [0, 0.05) is 12.6 Å². The molecule has 0 spiro atoms. The van der Waals surface area contributed by atoms with Crippen LogP contribution in [0, 0.1) is 16.7 Å². The molecule has 0 atom stereocenters. The first-order valence-electron chi connectivity index (χ1n) is 8.13. The standard InChI is InChI=1S/C17H36N2/c1-7-19(13-17(5,6)12-18)15-10-8-14(9-11-15)16(2,3)4/h14-15H,7-13,18H2,1-6H3. The number of hydrogen-bond acceptors (Lipinski definition) is 2. The van der Waals surface area contributed by atoms with E-state index in [0.29, 0.717) is 5.41 Å². The van der Waals surface area contributed by atoms with Crippen LogP contribution in [-0.4, -0.2) is 30.6 Å². The molecule has 19 heavy (non-hydrogen) atoms. The predicted molar refractivity (Wildman–Crippen MR) is 85.3 cm³/mol.